The number of hydrogen-bond donors (Lipinski definition) is 1. The highest BCUT2D eigenvalue weighted by Crippen LogP contribution is 2.28. The van der Waals surface area contributed by atoms with Crippen LogP contribution < -0.4 is 5.32 Å². The van der Waals surface area contributed by atoms with Gasteiger partial charge in [-0.2, -0.15) is 0 Å². The van der Waals surface area contributed by atoms with E-state index < -0.39 is 0 Å². The van der Waals surface area contributed by atoms with Crippen LogP contribution in [0.2, 0.25) is 0 Å². The highest BCUT2D eigenvalue weighted by atomic mass is 79.9. The van der Waals surface area contributed by atoms with Crippen molar-refractivity contribution in [1.82, 2.24) is 4.98 Å². The third kappa shape index (κ3) is 2.74. The zero-order chi connectivity index (χ0) is 11.5. The maximum atomic E-state index is 4.55. The zero-order valence-electron chi connectivity index (χ0n) is 9.46. The Morgan fingerprint density at radius 2 is 2.31 bits per heavy atom. The van der Waals surface area contributed by atoms with Crippen molar-refractivity contribution in [2.45, 2.75) is 20.3 Å². The summed E-state index contributed by atoms with van der Waals surface area (Å²) < 4.78 is 2.33. The molecule has 86 valence electrons. The maximum absolute atomic E-state index is 4.55. The van der Waals surface area contributed by atoms with Crippen LogP contribution in [-0.2, 0) is 0 Å². The van der Waals surface area contributed by atoms with E-state index in [0.717, 1.165) is 21.7 Å². The van der Waals surface area contributed by atoms with Gasteiger partial charge in [-0.25, -0.2) is 4.98 Å². The summed E-state index contributed by atoms with van der Waals surface area (Å²) in [5.74, 6) is 0.693. The van der Waals surface area contributed by atoms with E-state index in [4.69, 9.17) is 0 Å². The molecule has 1 heterocycles. The van der Waals surface area contributed by atoms with Gasteiger partial charge in [-0.15, -0.1) is 0 Å². The fraction of sp³-hybridized carbons (Fsp3) is 0.417. The molecule has 0 aliphatic rings. The molecule has 0 saturated heterocycles. The van der Waals surface area contributed by atoms with Gasteiger partial charge in [-0.1, -0.05) is 47.5 Å². The topological polar surface area (TPSA) is 24.9 Å². The maximum Gasteiger partial charge on any atom is 0.183 e. The lowest BCUT2D eigenvalue weighted by molar-refractivity contribution is 0.593. The van der Waals surface area contributed by atoms with Crippen LogP contribution in [0.25, 0.3) is 10.2 Å². The van der Waals surface area contributed by atoms with Crippen molar-refractivity contribution in [3.05, 3.63) is 22.7 Å². The van der Waals surface area contributed by atoms with Crippen molar-refractivity contribution in [2.24, 2.45) is 5.92 Å². The standard InChI is InChI=1S/C12H15BrN2S/c1-3-8(2)7-14-12-15-10-5-4-9(13)6-11(10)16-12/h4-6,8H,3,7H2,1-2H3,(H,14,15). The lowest BCUT2D eigenvalue weighted by Crippen LogP contribution is -2.09. The first-order chi connectivity index (χ1) is 7.69. The Bertz CT molecular complexity index is 481. The van der Waals surface area contributed by atoms with Gasteiger partial charge in [-0.05, 0) is 24.1 Å². The first-order valence-corrected chi connectivity index (χ1v) is 7.10. The number of anilines is 1. The van der Waals surface area contributed by atoms with Crippen molar-refractivity contribution in [2.75, 3.05) is 11.9 Å². The molecule has 0 radical (unpaired) electrons. The van der Waals surface area contributed by atoms with Gasteiger partial charge in [0, 0.05) is 11.0 Å². The van der Waals surface area contributed by atoms with Crippen molar-refractivity contribution in [3.8, 4) is 0 Å². The number of rotatable bonds is 4. The second-order valence-electron chi connectivity index (χ2n) is 4.03. The molecule has 2 nitrogen and oxygen atoms in total. The second kappa shape index (κ2) is 5.15. The zero-order valence-corrected chi connectivity index (χ0v) is 11.9. The lowest BCUT2D eigenvalue weighted by atomic mass is 10.1. The van der Waals surface area contributed by atoms with Gasteiger partial charge in [0.2, 0.25) is 0 Å². The first kappa shape index (κ1) is 11.9. The molecule has 0 fully saturated rings. The number of halogens is 1. The van der Waals surface area contributed by atoms with Gasteiger partial charge >= 0.3 is 0 Å². The summed E-state index contributed by atoms with van der Waals surface area (Å²) in [6.45, 7) is 5.45. The summed E-state index contributed by atoms with van der Waals surface area (Å²) in [4.78, 5) is 4.55. The van der Waals surface area contributed by atoms with Gasteiger partial charge < -0.3 is 5.32 Å². The van der Waals surface area contributed by atoms with E-state index in [1.807, 2.05) is 12.1 Å². The number of benzene rings is 1. The largest absolute Gasteiger partial charge is 0.361 e. The normalized spacial score (nSPS) is 12.9. The van der Waals surface area contributed by atoms with E-state index in [1.165, 1.54) is 11.1 Å². The number of thiazole rings is 1. The van der Waals surface area contributed by atoms with Gasteiger partial charge in [-0.3, -0.25) is 0 Å². The Labute approximate surface area is 108 Å². The predicted molar refractivity (Wildman–Crippen MR) is 75.3 cm³/mol. The molecule has 2 aromatic rings. The summed E-state index contributed by atoms with van der Waals surface area (Å²) in [5.41, 5.74) is 1.07. The SMILES string of the molecule is CCC(C)CNc1nc2ccc(Br)cc2s1. The average molecular weight is 299 g/mol. The molecule has 0 amide bonds. The average Bonchev–Trinajstić information content (AvgIpc) is 2.67. The summed E-state index contributed by atoms with van der Waals surface area (Å²) in [5, 5.41) is 4.42. The number of fused-ring (bicyclic) bond motifs is 1. The van der Waals surface area contributed by atoms with Crippen molar-refractivity contribution >= 4 is 42.6 Å². The molecule has 1 N–H and O–H groups in total. The third-order valence-corrected chi connectivity index (χ3v) is 4.12. The molecule has 1 aromatic carbocycles. The smallest absolute Gasteiger partial charge is 0.183 e. The number of nitrogens with one attached hydrogen (secondary N) is 1. The predicted octanol–water partition coefficient (Wildman–Crippen LogP) is 4.52. The summed E-state index contributed by atoms with van der Waals surface area (Å²) in [7, 11) is 0. The molecule has 0 aliphatic heterocycles. The minimum atomic E-state index is 0.693. The second-order valence-corrected chi connectivity index (χ2v) is 5.97. The number of nitrogens with zero attached hydrogens (tertiary/aromatic N) is 1. The number of aromatic nitrogens is 1. The van der Waals surface area contributed by atoms with Crippen LogP contribution in [0, 0.1) is 5.92 Å². The van der Waals surface area contributed by atoms with E-state index in [1.54, 1.807) is 11.3 Å². The highest BCUT2D eigenvalue weighted by Gasteiger charge is 2.05. The van der Waals surface area contributed by atoms with Crippen molar-refractivity contribution in [1.29, 1.82) is 0 Å². The minimum Gasteiger partial charge on any atom is -0.361 e. The lowest BCUT2D eigenvalue weighted by Gasteiger charge is -2.07. The van der Waals surface area contributed by atoms with Gasteiger partial charge in [0.05, 0.1) is 10.2 Å². The molecular weight excluding hydrogens is 284 g/mol. The Kier molecular flexibility index (Phi) is 3.82. The molecule has 0 aliphatic carbocycles. The van der Waals surface area contributed by atoms with Gasteiger partial charge in [0.15, 0.2) is 5.13 Å². The van der Waals surface area contributed by atoms with Crippen molar-refractivity contribution < 1.29 is 0 Å². The molecule has 0 saturated carbocycles. The molecule has 1 unspecified atom stereocenters. The monoisotopic (exact) mass is 298 g/mol. The summed E-state index contributed by atoms with van der Waals surface area (Å²) >= 11 is 5.19. The Morgan fingerprint density at radius 3 is 3.06 bits per heavy atom. The quantitative estimate of drug-likeness (QED) is 0.898. The van der Waals surface area contributed by atoms with Crippen LogP contribution in [0.3, 0.4) is 0 Å². The van der Waals surface area contributed by atoms with Crippen LogP contribution >= 0.6 is 27.3 Å². The van der Waals surface area contributed by atoms with E-state index >= 15 is 0 Å². The molecular formula is C12H15BrN2S. The highest BCUT2D eigenvalue weighted by molar-refractivity contribution is 9.10. The fourth-order valence-corrected chi connectivity index (χ4v) is 2.80. The molecule has 0 spiro atoms. The van der Waals surface area contributed by atoms with Crippen LogP contribution in [-0.4, -0.2) is 11.5 Å². The molecule has 1 atom stereocenters. The van der Waals surface area contributed by atoms with Crippen LogP contribution in [0.4, 0.5) is 5.13 Å². The summed E-state index contributed by atoms with van der Waals surface area (Å²) in [6, 6.07) is 6.19. The molecule has 16 heavy (non-hydrogen) atoms. The Hall–Kier alpha value is -0.610. The molecule has 4 heteroatoms. The molecule has 1 aromatic heterocycles. The first-order valence-electron chi connectivity index (χ1n) is 5.49. The van der Waals surface area contributed by atoms with Crippen LogP contribution in [0.1, 0.15) is 20.3 Å². The molecule has 0 bridgehead atoms. The van der Waals surface area contributed by atoms with E-state index in [9.17, 15) is 0 Å². The van der Waals surface area contributed by atoms with E-state index in [0.29, 0.717) is 5.92 Å². The van der Waals surface area contributed by atoms with E-state index in [-0.39, 0.29) is 0 Å². The fourth-order valence-electron chi connectivity index (χ4n) is 1.38. The molecule has 2 rings (SSSR count). The summed E-state index contributed by atoms with van der Waals surface area (Å²) in [6.07, 6.45) is 1.20. The van der Waals surface area contributed by atoms with Gasteiger partial charge in [0.25, 0.3) is 0 Å². The van der Waals surface area contributed by atoms with Gasteiger partial charge in [0.1, 0.15) is 0 Å². The van der Waals surface area contributed by atoms with Crippen LogP contribution in [0.15, 0.2) is 22.7 Å². The van der Waals surface area contributed by atoms with E-state index in [2.05, 4.69) is 46.1 Å². The minimum absolute atomic E-state index is 0.693. The number of hydrogen-bond acceptors (Lipinski definition) is 3. The Morgan fingerprint density at radius 1 is 1.50 bits per heavy atom. The Balaban J connectivity index is 2.13. The third-order valence-electron chi connectivity index (χ3n) is 2.65. The van der Waals surface area contributed by atoms with Crippen LogP contribution in [0.5, 0.6) is 0 Å². The van der Waals surface area contributed by atoms with Crippen molar-refractivity contribution in [3.63, 3.8) is 0 Å².